The van der Waals surface area contributed by atoms with Crippen LogP contribution in [0.5, 0.6) is 0 Å². The Bertz CT molecular complexity index is 2580. The van der Waals surface area contributed by atoms with Crippen molar-refractivity contribution in [3.8, 4) is 22.8 Å². The third kappa shape index (κ3) is 8.78. The highest BCUT2D eigenvalue weighted by Crippen LogP contribution is 2.35. The van der Waals surface area contributed by atoms with E-state index in [1.807, 2.05) is 24.3 Å². The molecule has 0 radical (unpaired) electrons. The van der Waals surface area contributed by atoms with Crippen molar-refractivity contribution in [3.05, 3.63) is 84.7 Å². The largest absolute Gasteiger partial charge is 0.373 e. The number of aromatic nitrogens is 6. The van der Waals surface area contributed by atoms with Gasteiger partial charge in [-0.1, -0.05) is 0 Å². The predicted molar refractivity (Wildman–Crippen MR) is 231 cm³/mol. The number of nitrogens with one attached hydrogen (secondary N) is 2. The number of carbonyl (C=O) groups excluding carboxylic acids is 1. The molecule has 0 bridgehead atoms. The number of fused-ring (bicyclic) bond motifs is 3. The number of H-pyrrole nitrogens is 2. The topological polar surface area (TPSA) is 162 Å². The minimum absolute atomic E-state index is 0.0564. The molecule has 5 fully saturated rings. The molecule has 1 saturated carbocycles. The molecule has 4 aromatic heterocycles. The first kappa shape index (κ1) is 41.1. The molecule has 2 N–H and O–H groups in total. The average molecular weight is 877 g/mol. The summed E-state index contributed by atoms with van der Waals surface area (Å²) in [5.41, 5.74) is 4.40. The number of carbonyl (C=O) groups is 1. The first-order chi connectivity index (χ1) is 31.3. The molecule has 5 aliphatic rings. The second kappa shape index (κ2) is 17.8. The highest BCUT2D eigenvalue weighted by atomic mass is 19.1. The Morgan fingerprint density at radius 3 is 1.84 bits per heavy atom. The van der Waals surface area contributed by atoms with Gasteiger partial charge in [-0.2, -0.15) is 4.89 Å². The normalized spacial score (nSPS) is 26.3. The van der Waals surface area contributed by atoms with Crippen LogP contribution in [-0.4, -0.2) is 118 Å². The summed E-state index contributed by atoms with van der Waals surface area (Å²) >= 11 is 0. The van der Waals surface area contributed by atoms with Gasteiger partial charge in [-0.05, 0) is 112 Å². The standard InChI is InChI=1S/C47H50F2N8O7/c48-30-5-9-35-37(20-30)54-46(52-35)28-3-11-41(50-22-28)56-16-13-33(14-17-56)62-39-25-59-45-40(26-60-44(39)45)63-64-43(58)19-27-1-7-32(8-2-27)61-34-15-18-57(24-34)42-12-4-29(23-51-42)47-53-36-10-6-31(49)21-38(36)55-47/h3-6,9-12,20-23,27,32-34,39-40,44-45H,1-2,7-8,13-19,24-26H2,(H,52,54)(H,53,55). The van der Waals surface area contributed by atoms with Gasteiger partial charge in [0.15, 0.2) is 6.10 Å². The number of ether oxygens (including phenoxy) is 4. The summed E-state index contributed by atoms with van der Waals surface area (Å²) in [5.74, 6) is 2.32. The molecule has 5 atom stereocenters. The Morgan fingerprint density at radius 1 is 0.656 bits per heavy atom. The van der Waals surface area contributed by atoms with Gasteiger partial charge in [-0.15, -0.1) is 0 Å². The number of nitrogens with zero attached hydrogens (tertiary/aromatic N) is 6. The van der Waals surface area contributed by atoms with Crippen LogP contribution in [0.2, 0.25) is 0 Å². The molecule has 0 spiro atoms. The average Bonchev–Trinajstić information content (AvgIpc) is 4.17. The first-order valence-corrected chi connectivity index (χ1v) is 22.5. The van der Waals surface area contributed by atoms with E-state index in [9.17, 15) is 13.6 Å². The predicted octanol–water partition coefficient (Wildman–Crippen LogP) is 7.08. The first-order valence-electron chi connectivity index (χ1n) is 22.5. The zero-order valence-electron chi connectivity index (χ0n) is 35.2. The van der Waals surface area contributed by atoms with E-state index >= 15 is 0 Å². The van der Waals surface area contributed by atoms with Gasteiger partial charge in [0.1, 0.15) is 53.2 Å². The summed E-state index contributed by atoms with van der Waals surface area (Å²) in [6.07, 6.45) is 9.03. The molecule has 15 nitrogen and oxygen atoms in total. The van der Waals surface area contributed by atoms with Gasteiger partial charge >= 0.3 is 5.97 Å². The fraction of sp³-hybridized carbons (Fsp3) is 0.468. The highest BCUT2D eigenvalue weighted by Gasteiger charge is 2.51. The van der Waals surface area contributed by atoms with Gasteiger partial charge in [0.05, 0.1) is 60.0 Å². The maximum atomic E-state index is 13.6. The van der Waals surface area contributed by atoms with Crippen molar-refractivity contribution in [2.24, 2.45) is 5.92 Å². The maximum absolute atomic E-state index is 13.6. The van der Waals surface area contributed by atoms with Crippen molar-refractivity contribution in [2.75, 3.05) is 49.2 Å². The van der Waals surface area contributed by atoms with Crippen molar-refractivity contribution in [3.63, 3.8) is 0 Å². The van der Waals surface area contributed by atoms with Crippen LogP contribution in [0.25, 0.3) is 44.8 Å². The van der Waals surface area contributed by atoms with Gasteiger partial charge in [0.25, 0.3) is 0 Å². The Balaban J connectivity index is 0.573. The van der Waals surface area contributed by atoms with Crippen molar-refractivity contribution in [2.45, 2.75) is 94.1 Å². The SMILES string of the molecule is O=C(CC1CCC(OC2CCN(c3ccc(-c4nc5ccc(F)cc5[nH]4)cn3)C2)CC1)OOC1COC2C(OC3CCN(c4ccc(-c5nc6ccc(F)cc6[nH]5)cn4)CC3)COC12. The summed E-state index contributed by atoms with van der Waals surface area (Å²) in [5, 5.41) is 0. The number of pyridine rings is 2. The van der Waals surface area contributed by atoms with Crippen molar-refractivity contribution in [1.82, 2.24) is 29.9 Å². The van der Waals surface area contributed by atoms with Gasteiger partial charge in [-0.25, -0.2) is 33.5 Å². The lowest BCUT2D eigenvalue weighted by molar-refractivity contribution is -0.308. The van der Waals surface area contributed by atoms with E-state index in [2.05, 4.69) is 29.7 Å². The van der Waals surface area contributed by atoms with Gasteiger partial charge in [-0.3, -0.25) is 4.89 Å². The Hall–Kier alpha value is -5.59. The van der Waals surface area contributed by atoms with Crippen LogP contribution in [-0.2, 0) is 33.5 Å². The molecule has 2 aromatic carbocycles. The van der Waals surface area contributed by atoms with E-state index in [0.29, 0.717) is 46.7 Å². The summed E-state index contributed by atoms with van der Waals surface area (Å²) in [6.45, 7) is 3.89. The zero-order chi connectivity index (χ0) is 43.1. The summed E-state index contributed by atoms with van der Waals surface area (Å²) in [4.78, 5) is 53.2. The van der Waals surface area contributed by atoms with Crippen LogP contribution in [0.15, 0.2) is 73.1 Å². The number of imidazole rings is 2. The fourth-order valence-corrected chi connectivity index (χ4v) is 9.94. The highest BCUT2D eigenvalue weighted by molar-refractivity contribution is 5.80. The summed E-state index contributed by atoms with van der Waals surface area (Å²) in [7, 11) is 0. The zero-order valence-corrected chi connectivity index (χ0v) is 35.2. The van der Waals surface area contributed by atoms with E-state index < -0.39 is 6.10 Å². The molecule has 5 unspecified atom stereocenters. The molecular formula is C47H50F2N8O7. The van der Waals surface area contributed by atoms with Gasteiger partial charge in [0.2, 0.25) is 0 Å². The lowest BCUT2D eigenvalue weighted by Crippen LogP contribution is -2.41. The number of anilines is 2. The number of halogens is 2. The number of piperidine rings is 1. The third-order valence-corrected chi connectivity index (χ3v) is 13.4. The van der Waals surface area contributed by atoms with Crippen LogP contribution < -0.4 is 9.80 Å². The van der Waals surface area contributed by atoms with Crippen LogP contribution in [0.3, 0.4) is 0 Å². The van der Waals surface area contributed by atoms with Crippen LogP contribution in [0.4, 0.5) is 20.4 Å². The molecule has 17 heteroatoms. The second-order valence-electron chi connectivity index (χ2n) is 17.7. The molecule has 4 saturated heterocycles. The molecule has 6 aromatic rings. The third-order valence-electron chi connectivity index (χ3n) is 13.4. The monoisotopic (exact) mass is 876 g/mol. The Labute approximate surface area is 367 Å². The summed E-state index contributed by atoms with van der Waals surface area (Å²) < 4.78 is 52.5. The van der Waals surface area contributed by atoms with E-state index in [1.165, 1.54) is 24.3 Å². The van der Waals surface area contributed by atoms with Crippen molar-refractivity contribution < 1.29 is 42.3 Å². The van der Waals surface area contributed by atoms with Crippen LogP contribution in [0, 0.1) is 17.6 Å². The van der Waals surface area contributed by atoms with E-state index in [-0.39, 0.29) is 66.8 Å². The fourth-order valence-electron chi connectivity index (χ4n) is 9.94. The van der Waals surface area contributed by atoms with Crippen molar-refractivity contribution >= 4 is 39.7 Å². The molecule has 334 valence electrons. The van der Waals surface area contributed by atoms with Crippen LogP contribution in [0.1, 0.15) is 51.4 Å². The molecule has 0 amide bonds. The molecule has 4 aliphatic heterocycles. The molecule has 1 aliphatic carbocycles. The lowest BCUT2D eigenvalue weighted by atomic mass is 9.85. The number of aromatic amines is 2. The number of hydrogen-bond donors (Lipinski definition) is 2. The number of hydrogen-bond acceptors (Lipinski definition) is 13. The molecule has 11 rings (SSSR count). The van der Waals surface area contributed by atoms with Crippen molar-refractivity contribution in [1.29, 1.82) is 0 Å². The quantitative estimate of drug-likeness (QED) is 0.0949. The van der Waals surface area contributed by atoms with Gasteiger partial charge in [0, 0.05) is 49.7 Å². The number of benzene rings is 2. The molecular weight excluding hydrogens is 827 g/mol. The Morgan fingerprint density at radius 2 is 1.22 bits per heavy atom. The van der Waals surface area contributed by atoms with E-state index in [1.54, 1.807) is 24.5 Å². The van der Waals surface area contributed by atoms with Gasteiger partial charge < -0.3 is 38.7 Å². The number of rotatable bonds is 12. The summed E-state index contributed by atoms with van der Waals surface area (Å²) in [6, 6.07) is 17.0. The van der Waals surface area contributed by atoms with E-state index in [4.69, 9.17) is 38.7 Å². The second-order valence-corrected chi connectivity index (χ2v) is 17.7. The minimum atomic E-state index is -0.508. The Kier molecular flexibility index (Phi) is 11.4. The van der Waals surface area contributed by atoms with Crippen LogP contribution >= 0.6 is 0 Å². The molecule has 8 heterocycles. The smallest absolute Gasteiger partial charge is 0.342 e. The maximum Gasteiger partial charge on any atom is 0.342 e. The lowest BCUT2D eigenvalue weighted by Gasteiger charge is -2.34. The minimum Gasteiger partial charge on any atom is -0.373 e. The molecule has 64 heavy (non-hydrogen) atoms. The van der Waals surface area contributed by atoms with E-state index in [0.717, 1.165) is 93.9 Å².